The fourth-order valence-corrected chi connectivity index (χ4v) is 7.95. The van der Waals surface area contributed by atoms with Crippen molar-refractivity contribution in [3.8, 4) is 0 Å². The van der Waals surface area contributed by atoms with E-state index in [1.54, 1.807) is 0 Å². The van der Waals surface area contributed by atoms with Crippen molar-refractivity contribution in [3.05, 3.63) is 0 Å². The van der Waals surface area contributed by atoms with Gasteiger partial charge in [0.15, 0.2) is 12.6 Å². The molecule has 28 nitrogen and oxygen atoms in total. The van der Waals surface area contributed by atoms with Gasteiger partial charge in [-0.05, 0) is 0 Å². The monoisotopic (exact) mass is 906 g/mol. The lowest BCUT2D eigenvalue weighted by molar-refractivity contribution is -0.381. The van der Waals surface area contributed by atoms with Gasteiger partial charge >= 0.3 is 11.9 Å². The lowest BCUT2D eigenvalue weighted by Crippen LogP contribution is -2.71. The van der Waals surface area contributed by atoms with Gasteiger partial charge in [-0.25, -0.2) is 9.59 Å². The first-order chi connectivity index (χ1) is 29.1. The Morgan fingerprint density at radius 2 is 1.21 bits per heavy atom. The highest BCUT2D eigenvalue weighted by atomic mass is 16.8. The summed E-state index contributed by atoms with van der Waals surface area (Å²) in [5, 5.41) is 154. The van der Waals surface area contributed by atoms with Crippen LogP contribution in [-0.2, 0) is 57.1 Å². The van der Waals surface area contributed by atoms with Crippen LogP contribution in [-0.4, -0.2) is 256 Å². The molecule has 0 aromatic heterocycles. The smallest absolute Gasteiger partial charge is 0.364 e. The number of aliphatic hydroxyl groups is 12. The van der Waals surface area contributed by atoms with Crippen molar-refractivity contribution < 1.29 is 129 Å². The van der Waals surface area contributed by atoms with Crippen LogP contribution in [0.2, 0.25) is 0 Å². The predicted molar refractivity (Wildman–Crippen MR) is 188 cm³/mol. The molecule has 5 rings (SSSR count). The van der Waals surface area contributed by atoms with Gasteiger partial charge in [0, 0.05) is 26.7 Å². The van der Waals surface area contributed by atoms with E-state index >= 15 is 0 Å². The fourth-order valence-electron chi connectivity index (χ4n) is 7.95. The van der Waals surface area contributed by atoms with Crippen LogP contribution in [0.1, 0.15) is 26.7 Å². The number of carboxylic acid groups (broad SMARTS) is 2. The number of epoxide rings is 1. The molecule has 16 N–H and O–H groups in total. The van der Waals surface area contributed by atoms with Gasteiger partial charge in [0.2, 0.25) is 11.8 Å². The molecule has 5 aliphatic heterocycles. The van der Waals surface area contributed by atoms with Crippen LogP contribution in [0.3, 0.4) is 0 Å². The van der Waals surface area contributed by atoms with E-state index in [2.05, 4.69) is 10.6 Å². The number of hydrogen-bond donors (Lipinski definition) is 16. The van der Waals surface area contributed by atoms with Crippen molar-refractivity contribution >= 4 is 23.8 Å². The first-order valence-electron chi connectivity index (χ1n) is 19.3. The summed E-state index contributed by atoms with van der Waals surface area (Å²) < 4.78 is 44.4. The summed E-state index contributed by atoms with van der Waals surface area (Å²) in [4.78, 5) is 50.3. The first kappa shape index (κ1) is 50.1. The highest BCUT2D eigenvalue weighted by Crippen LogP contribution is 2.42. The number of carboxylic acids is 2. The van der Waals surface area contributed by atoms with E-state index in [1.165, 1.54) is 0 Å². The summed E-state index contributed by atoms with van der Waals surface area (Å²) >= 11 is 0. The highest BCUT2D eigenvalue weighted by molar-refractivity contribution is 5.77. The summed E-state index contributed by atoms with van der Waals surface area (Å²) in [6.07, 6.45) is -36.3. The second kappa shape index (κ2) is 20.1. The zero-order valence-corrected chi connectivity index (χ0v) is 32.9. The molecule has 62 heavy (non-hydrogen) atoms. The summed E-state index contributed by atoms with van der Waals surface area (Å²) in [5.74, 6) is -12.4. The average molecular weight is 907 g/mol. The summed E-state index contributed by atoms with van der Waals surface area (Å²) in [5.41, 5.74) is 0. The molecule has 0 radical (unpaired) electrons. The molecule has 356 valence electrons. The van der Waals surface area contributed by atoms with Gasteiger partial charge in [-0.2, -0.15) is 0 Å². The third-order valence-corrected chi connectivity index (χ3v) is 11.1. The van der Waals surface area contributed by atoms with Crippen molar-refractivity contribution in [2.45, 2.75) is 161 Å². The minimum Gasteiger partial charge on any atom is -0.477 e. The number of carbonyl (C=O) groups is 4. The number of carbonyl (C=O) groups excluding carboxylic acids is 2. The maximum Gasteiger partial charge on any atom is 0.364 e. The maximum absolute atomic E-state index is 13.1. The van der Waals surface area contributed by atoms with E-state index in [0.717, 1.165) is 13.8 Å². The van der Waals surface area contributed by atoms with Crippen molar-refractivity contribution in [2.24, 2.45) is 0 Å². The van der Waals surface area contributed by atoms with E-state index in [4.69, 9.17) is 37.9 Å². The first-order valence-corrected chi connectivity index (χ1v) is 19.3. The summed E-state index contributed by atoms with van der Waals surface area (Å²) in [6, 6.07) is -3.51. The number of aliphatic hydroxyl groups excluding tert-OH is 12. The van der Waals surface area contributed by atoms with Crippen molar-refractivity contribution in [1.82, 2.24) is 10.6 Å². The molecule has 0 aliphatic carbocycles. The number of nitrogens with one attached hydrogen (secondary N) is 2. The Balaban J connectivity index is 1.47. The van der Waals surface area contributed by atoms with E-state index in [1.807, 2.05) is 0 Å². The second-order valence-electron chi connectivity index (χ2n) is 15.6. The Morgan fingerprint density at radius 3 is 1.71 bits per heavy atom. The van der Waals surface area contributed by atoms with Crippen molar-refractivity contribution in [3.63, 3.8) is 0 Å². The Bertz CT molecular complexity index is 1580. The Labute approximate surface area is 350 Å². The van der Waals surface area contributed by atoms with E-state index in [-0.39, 0.29) is 0 Å². The molecule has 0 spiro atoms. The number of aliphatic carboxylic acids is 2. The zero-order valence-electron chi connectivity index (χ0n) is 32.9. The number of hydrogen-bond acceptors (Lipinski definition) is 24. The maximum atomic E-state index is 13.1. The third-order valence-electron chi connectivity index (χ3n) is 11.1. The van der Waals surface area contributed by atoms with Gasteiger partial charge < -0.3 is 120 Å². The molecule has 0 aromatic carbocycles. The van der Waals surface area contributed by atoms with Gasteiger partial charge in [-0.1, -0.05) is 0 Å². The Morgan fingerprint density at radius 1 is 0.677 bits per heavy atom. The molecule has 28 heteroatoms. The van der Waals surface area contributed by atoms with E-state index < -0.39 is 197 Å². The molecule has 14 unspecified atom stereocenters. The lowest BCUT2D eigenvalue weighted by atomic mass is 9.87. The van der Waals surface area contributed by atoms with Gasteiger partial charge in [0.25, 0.3) is 11.6 Å². The van der Waals surface area contributed by atoms with E-state index in [9.17, 15) is 90.7 Å². The van der Waals surface area contributed by atoms with Crippen molar-refractivity contribution in [1.29, 1.82) is 0 Å². The molecule has 22 atom stereocenters. The second-order valence-corrected chi connectivity index (χ2v) is 15.6. The zero-order chi connectivity index (χ0) is 46.2. The van der Waals surface area contributed by atoms with Gasteiger partial charge in [0.1, 0.15) is 85.5 Å². The molecule has 5 heterocycles. The average Bonchev–Trinajstić information content (AvgIpc) is 4.01. The van der Waals surface area contributed by atoms with Crippen LogP contribution >= 0.6 is 0 Å². The number of ether oxygens (including phenoxy) is 8. The number of rotatable bonds is 18. The van der Waals surface area contributed by atoms with Gasteiger partial charge in [0.05, 0.1) is 50.7 Å². The topological polar surface area (TPSA) is 453 Å². The minimum absolute atomic E-state index is 0.734. The molecule has 5 fully saturated rings. The number of fused-ring (bicyclic) bond motifs is 1. The predicted octanol–water partition coefficient (Wildman–Crippen LogP) is -10.0. The SMILES string of the molecule is CC(=O)NC1C([C@H](O)[C@H](O)CO)O[C@@](O[C@H](CO)[C@@H](O)C2O[C@@](OC3C(O)C(CO)OC(OC4C(CO)OC5OC5C4O)C3O)(C(=O)O)C[C@@H](O)C2NC(C)=O)(C(=O)O)C[C@H]1O. The quantitative estimate of drug-likeness (QED) is 0.0568. The van der Waals surface area contributed by atoms with Gasteiger partial charge in [-0.3, -0.25) is 9.59 Å². The Hall–Kier alpha value is -2.92. The lowest BCUT2D eigenvalue weighted by Gasteiger charge is -2.51. The number of amides is 2. The minimum atomic E-state index is -3.27. The molecule has 0 aromatic rings. The van der Waals surface area contributed by atoms with Gasteiger partial charge in [-0.15, -0.1) is 0 Å². The normalized spacial score (nSPS) is 43.9. The van der Waals surface area contributed by atoms with Crippen LogP contribution in [0.25, 0.3) is 0 Å². The standard InChI is InChI=1S/C34H54N2O26/c1-9(41)35-17-11(43)3-33(31(51)52,60-25(17)19(46)13(45)5-37)59-15(7-39)21(48)26-18(36-10(2)42)12(44)4-34(61-26,32(53)54)62-27-20(47)14(6-38)55-29(23(27)50)57-24-16(8-40)56-30-28(58-30)22(24)49/h11-30,37-40,43-50H,3-8H2,1-2H3,(H,35,41)(H,36,42)(H,51,52)(H,53,54)/t11-,12-,13-,14?,15-,16?,17?,18?,19-,20?,21-,22?,23?,24?,25?,26?,27?,28?,29?,30?,33-,34+/m1/s1. The molecule has 0 saturated carbocycles. The summed E-state index contributed by atoms with van der Waals surface area (Å²) in [6.45, 7) is -2.37. The molecular formula is C34H54N2O26. The molecular weight excluding hydrogens is 852 g/mol. The highest BCUT2D eigenvalue weighted by Gasteiger charge is 2.63. The van der Waals surface area contributed by atoms with Crippen LogP contribution < -0.4 is 10.6 Å². The van der Waals surface area contributed by atoms with Crippen LogP contribution in [0.4, 0.5) is 0 Å². The summed E-state index contributed by atoms with van der Waals surface area (Å²) in [7, 11) is 0. The van der Waals surface area contributed by atoms with Crippen LogP contribution in [0, 0.1) is 0 Å². The molecule has 5 saturated heterocycles. The molecule has 2 amide bonds. The van der Waals surface area contributed by atoms with E-state index in [0.29, 0.717) is 0 Å². The van der Waals surface area contributed by atoms with Crippen molar-refractivity contribution in [2.75, 3.05) is 26.4 Å². The molecule has 5 aliphatic rings. The third kappa shape index (κ3) is 10.1. The largest absolute Gasteiger partial charge is 0.477 e. The molecule has 0 bridgehead atoms. The van der Waals surface area contributed by atoms with Crippen LogP contribution in [0.15, 0.2) is 0 Å². The van der Waals surface area contributed by atoms with Crippen LogP contribution in [0.5, 0.6) is 0 Å². The fraction of sp³-hybridized carbons (Fsp3) is 0.882. The Kier molecular flexibility index (Phi) is 16.2.